The second-order valence-corrected chi connectivity index (χ2v) is 4.29. The maximum Gasteiger partial charge on any atom is 0.0733 e. The molecule has 3 atom stereocenters. The highest BCUT2D eigenvalue weighted by molar-refractivity contribution is 5.10. The lowest BCUT2D eigenvalue weighted by atomic mass is 10.0. The highest BCUT2D eigenvalue weighted by atomic mass is 16.5. The van der Waals surface area contributed by atoms with Crippen molar-refractivity contribution in [2.75, 3.05) is 0 Å². The molecular weight excluding hydrogens is 188 g/mol. The lowest BCUT2D eigenvalue weighted by Crippen LogP contribution is -2.36. The van der Waals surface area contributed by atoms with Crippen LogP contribution in [0.4, 0.5) is 0 Å². The average molecular weight is 206 g/mol. The summed E-state index contributed by atoms with van der Waals surface area (Å²) >= 11 is 0. The summed E-state index contributed by atoms with van der Waals surface area (Å²) < 4.78 is 5.75. The standard InChI is InChI=1S/C12H18N2O/c1-9-4-5-12(15-9)11(13)7-10-3-2-6-14-8-10/h2-3,6,8-9,11-12H,4-5,7,13H2,1H3. The lowest BCUT2D eigenvalue weighted by molar-refractivity contribution is 0.0404. The van der Waals surface area contributed by atoms with Gasteiger partial charge in [0.2, 0.25) is 0 Å². The fourth-order valence-electron chi connectivity index (χ4n) is 2.07. The summed E-state index contributed by atoms with van der Waals surface area (Å²) in [5, 5.41) is 0. The van der Waals surface area contributed by atoms with E-state index in [2.05, 4.69) is 18.0 Å². The fraction of sp³-hybridized carbons (Fsp3) is 0.583. The Bertz CT molecular complexity index is 302. The van der Waals surface area contributed by atoms with E-state index in [1.54, 1.807) is 6.20 Å². The van der Waals surface area contributed by atoms with Crippen LogP contribution in [0.2, 0.25) is 0 Å². The molecule has 0 saturated carbocycles. The largest absolute Gasteiger partial charge is 0.374 e. The highest BCUT2D eigenvalue weighted by Crippen LogP contribution is 2.22. The van der Waals surface area contributed by atoms with Gasteiger partial charge in [-0.15, -0.1) is 0 Å². The number of ether oxygens (including phenoxy) is 1. The van der Waals surface area contributed by atoms with E-state index in [-0.39, 0.29) is 12.1 Å². The Morgan fingerprint density at radius 3 is 3.07 bits per heavy atom. The molecule has 82 valence electrons. The van der Waals surface area contributed by atoms with E-state index in [1.807, 2.05) is 12.3 Å². The summed E-state index contributed by atoms with van der Waals surface area (Å²) in [5.41, 5.74) is 7.31. The summed E-state index contributed by atoms with van der Waals surface area (Å²) in [5.74, 6) is 0. The van der Waals surface area contributed by atoms with Crippen molar-refractivity contribution in [2.24, 2.45) is 5.73 Å². The molecule has 2 heterocycles. The van der Waals surface area contributed by atoms with Gasteiger partial charge in [0.1, 0.15) is 0 Å². The minimum Gasteiger partial charge on any atom is -0.374 e. The molecule has 2 N–H and O–H groups in total. The minimum absolute atomic E-state index is 0.0964. The summed E-state index contributed by atoms with van der Waals surface area (Å²) in [6, 6.07) is 4.10. The first-order valence-electron chi connectivity index (χ1n) is 5.55. The van der Waals surface area contributed by atoms with E-state index < -0.39 is 0 Å². The minimum atomic E-state index is 0.0964. The van der Waals surface area contributed by atoms with Gasteiger partial charge in [0.25, 0.3) is 0 Å². The molecule has 2 rings (SSSR count). The zero-order valence-electron chi connectivity index (χ0n) is 9.10. The zero-order chi connectivity index (χ0) is 10.7. The summed E-state index contributed by atoms with van der Waals surface area (Å²) in [7, 11) is 0. The van der Waals surface area contributed by atoms with Gasteiger partial charge in [0, 0.05) is 18.4 Å². The first-order chi connectivity index (χ1) is 7.25. The van der Waals surface area contributed by atoms with Crippen LogP contribution in [0.15, 0.2) is 24.5 Å². The lowest BCUT2D eigenvalue weighted by Gasteiger charge is -2.19. The molecule has 15 heavy (non-hydrogen) atoms. The van der Waals surface area contributed by atoms with E-state index in [1.165, 1.54) is 5.56 Å². The van der Waals surface area contributed by atoms with Crippen molar-refractivity contribution in [1.29, 1.82) is 0 Å². The van der Waals surface area contributed by atoms with E-state index in [0.29, 0.717) is 6.10 Å². The molecule has 0 aliphatic carbocycles. The number of nitrogens with zero attached hydrogens (tertiary/aromatic N) is 1. The second-order valence-electron chi connectivity index (χ2n) is 4.29. The normalized spacial score (nSPS) is 27.9. The van der Waals surface area contributed by atoms with Gasteiger partial charge >= 0.3 is 0 Å². The summed E-state index contributed by atoms with van der Waals surface area (Å²) in [6.45, 7) is 2.11. The monoisotopic (exact) mass is 206 g/mol. The smallest absolute Gasteiger partial charge is 0.0733 e. The molecule has 0 spiro atoms. The van der Waals surface area contributed by atoms with Gasteiger partial charge < -0.3 is 10.5 Å². The molecule has 3 heteroatoms. The predicted molar refractivity (Wildman–Crippen MR) is 59.5 cm³/mol. The summed E-state index contributed by atoms with van der Waals surface area (Å²) in [4.78, 5) is 4.08. The van der Waals surface area contributed by atoms with Crippen molar-refractivity contribution >= 4 is 0 Å². The van der Waals surface area contributed by atoms with Gasteiger partial charge in [0.15, 0.2) is 0 Å². The number of pyridine rings is 1. The maximum atomic E-state index is 6.12. The Morgan fingerprint density at radius 2 is 2.47 bits per heavy atom. The first kappa shape index (κ1) is 10.6. The first-order valence-corrected chi connectivity index (χ1v) is 5.55. The second kappa shape index (κ2) is 4.73. The van der Waals surface area contributed by atoms with Crippen LogP contribution in [0.3, 0.4) is 0 Å². The van der Waals surface area contributed by atoms with Crippen LogP contribution < -0.4 is 5.73 Å². The molecule has 3 nitrogen and oxygen atoms in total. The van der Waals surface area contributed by atoms with Crippen LogP contribution >= 0.6 is 0 Å². The van der Waals surface area contributed by atoms with Gasteiger partial charge in [-0.2, -0.15) is 0 Å². The Hall–Kier alpha value is -0.930. The van der Waals surface area contributed by atoms with Gasteiger partial charge in [-0.1, -0.05) is 6.07 Å². The molecule has 1 aromatic rings. The number of rotatable bonds is 3. The maximum absolute atomic E-state index is 6.12. The number of nitrogens with two attached hydrogens (primary N) is 1. The van der Waals surface area contributed by atoms with Crippen molar-refractivity contribution in [1.82, 2.24) is 4.98 Å². The third-order valence-electron chi connectivity index (χ3n) is 2.94. The van der Waals surface area contributed by atoms with Crippen molar-refractivity contribution in [3.8, 4) is 0 Å². The summed E-state index contributed by atoms with van der Waals surface area (Å²) in [6.07, 6.45) is 7.32. The molecule has 1 aliphatic rings. The topological polar surface area (TPSA) is 48.1 Å². The molecule has 0 radical (unpaired) electrons. The van der Waals surface area contributed by atoms with Crippen LogP contribution in [-0.4, -0.2) is 23.2 Å². The SMILES string of the molecule is CC1CCC(C(N)Cc2cccnc2)O1. The van der Waals surface area contributed by atoms with Crippen molar-refractivity contribution in [3.05, 3.63) is 30.1 Å². The van der Waals surface area contributed by atoms with Gasteiger partial charge in [-0.05, 0) is 37.8 Å². The Kier molecular flexibility index (Phi) is 3.34. The third kappa shape index (κ3) is 2.76. The Balaban J connectivity index is 1.90. The highest BCUT2D eigenvalue weighted by Gasteiger charge is 2.27. The van der Waals surface area contributed by atoms with Crippen LogP contribution in [-0.2, 0) is 11.2 Å². The van der Waals surface area contributed by atoms with E-state index in [4.69, 9.17) is 10.5 Å². The third-order valence-corrected chi connectivity index (χ3v) is 2.94. The zero-order valence-corrected chi connectivity index (χ0v) is 9.10. The molecule has 1 aliphatic heterocycles. The molecule has 1 aromatic heterocycles. The quantitative estimate of drug-likeness (QED) is 0.815. The molecule has 0 amide bonds. The van der Waals surface area contributed by atoms with Crippen LogP contribution in [0.5, 0.6) is 0 Å². The molecule has 3 unspecified atom stereocenters. The molecule has 1 saturated heterocycles. The van der Waals surface area contributed by atoms with Crippen LogP contribution in [0.25, 0.3) is 0 Å². The van der Waals surface area contributed by atoms with Gasteiger partial charge in [0.05, 0.1) is 12.2 Å². The number of hydrogen-bond acceptors (Lipinski definition) is 3. The van der Waals surface area contributed by atoms with Crippen LogP contribution in [0.1, 0.15) is 25.3 Å². The van der Waals surface area contributed by atoms with Crippen molar-refractivity contribution < 1.29 is 4.74 Å². The number of hydrogen-bond donors (Lipinski definition) is 1. The fourth-order valence-corrected chi connectivity index (χ4v) is 2.07. The molecule has 1 fully saturated rings. The van der Waals surface area contributed by atoms with Crippen molar-refractivity contribution in [3.63, 3.8) is 0 Å². The Labute approximate surface area is 90.7 Å². The average Bonchev–Trinajstić information content (AvgIpc) is 2.66. The van der Waals surface area contributed by atoms with E-state index >= 15 is 0 Å². The van der Waals surface area contributed by atoms with Crippen molar-refractivity contribution in [2.45, 2.75) is 44.4 Å². The predicted octanol–water partition coefficient (Wildman–Crippen LogP) is 1.52. The van der Waals surface area contributed by atoms with E-state index in [0.717, 1.165) is 19.3 Å². The van der Waals surface area contributed by atoms with Crippen LogP contribution in [0, 0.1) is 0 Å². The number of aromatic nitrogens is 1. The molecule has 0 bridgehead atoms. The molecule has 0 aromatic carbocycles. The van der Waals surface area contributed by atoms with E-state index in [9.17, 15) is 0 Å². The Morgan fingerprint density at radius 1 is 1.60 bits per heavy atom. The van der Waals surface area contributed by atoms with Gasteiger partial charge in [-0.25, -0.2) is 0 Å². The molecular formula is C12H18N2O. The van der Waals surface area contributed by atoms with Gasteiger partial charge in [-0.3, -0.25) is 4.98 Å².